The van der Waals surface area contributed by atoms with Crippen LogP contribution in [0.5, 0.6) is 0 Å². The highest BCUT2D eigenvalue weighted by Crippen LogP contribution is 2.42. The lowest BCUT2D eigenvalue weighted by molar-refractivity contribution is -0.147. The molecule has 8 nitrogen and oxygen atoms in total. The molecule has 0 spiro atoms. The van der Waals surface area contributed by atoms with Crippen LogP contribution in [-0.2, 0) is 23.1 Å². The fourth-order valence-electron chi connectivity index (χ4n) is 7.58. The van der Waals surface area contributed by atoms with Gasteiger partial charge in [-0.15, -0.1) is 0 Å². The molecule has 0 fully saturated rings. The Bertz CT molecular complexity index is 832. The SMILES string of the molecule is CCCCCCCCCCCCCCCCCCCCCCCCCCCCCCCCCCCCCCCCCC(=O)OCC(O)COP(=O)(O)OCCN. The van der Waals surface area contributed by atoms with Crippen molar-refractivity contribution in [2.45, 2.75) is 270 Å². The van der Waals surface area contributed by atoms with E-state index < -0.39 is 20.5 Å². The highest BCUT2D eigenvalue weighted by atomic mass is 31.2. The average molecular weight is 818 g/mol. The molecule has 336 valence electrons. The first-order chi connectivity index (χ1) is 27.4. The number of carbonyl (C=O) groups is 1. The number of carbonyl (C=O) groups excluding carboxylic acids is 1. The van der Waals surface area contributed by atoms with Crippen molar-refractivity contribution < 1.29 is 33.1 Å². The minimum absolute atomic E-state index is 0.0773. The molecule has 0 saturated heterocycles. The Hall–Kier alpha value is -0.500. The van der Waals surface area contributed by atoms with Gasteiger partial charge in [0.05, 0.1) is 13.2 Å². The number of unbranched alkanes of at least 4 members (excludes halogenated alkanes) is 38. The molecule has 0 aromatic heterocycles. The van der Waals surface area contributed by atoms with Gasteiger partial charge in [-0.2, -0.15) is 0 Å². The van der Waals surface area contributed by atoms with E-state index in [2.05, 4.69) is 16.0 Å². The van der Waals surface area contributed by atoms with Crippen LogP contribution in [0.3, 0.4) is 0 Å². The predicted molar refractivity (Wildman–Crippen MR) is 238 cm³/mol. The van der Waals surface area contributed by atoms with Gasteiger partial charge in [0.2, 0.25) is 0 Å². The number of hydrogen-bond donors (Lipinski definition) is 3. The van der Waals surface area contributed by atoms with Crippen molar-refractivity contribution in [3.63, 3.8) is 0 Å². The average Bonchev–Trinajstić information content (AvgIpc) is 3.19. The number of phosphoric acid groups is 1. The van der Waals surface area contributed by atoms with E-state index in [-0.39, 0.29) is 25.7 Å². The maximum absolute atomic E-state index is 11.9. The second-order valence-corrected chi connectivity index (χ2v) is 18.4. The maximum Gasteiger partial charge on any atom is 0.472 e. The van der Waals surface area contributed by atoms with Crippen LogP contribution in [0.1, 0.15) is 264 Å². The number of hydrogen-bond acceptors (Lipinski definition) is 7. The van der Waals surface area contributed by atoms with Crippen LogP contribution in [0, 0.1) is 0 Å². The molecule has 0 aliphatic heterocycles. The number of ether oxygens (including phenoxy) is 1. The third kappa shape index (κ3) is 46.2. The van der Waals surface area contributed by atoms with E-state index in [0.717, 1.165) is 19.3 Å². The number of aliphatic hydroxyl groups excluding tert-OH is 1. The Morgan fingerprint density at radius 3 is 1.00 bits per heavy atom. The summed E-state index contributed by atoms with van der Waals surface area (Å²) in [6, 6.07) is 0. The van der Waals surface area contributed by atoms with Gasteiger partial charge in [-0.1, -0.05) is 251 Å². The number of aliphatic hydroxyl groups is 1. The lowest BCUT2D eigenvalue weighted by Crippen LogP contribution is -2.23. The molecule has 0 heterocycles. The Kier molecular flexibility index (Phi) is 45.2. The first-order valence-corrected chi connectivity index (χ1v) is 26.1. The van der Waals surface area contributed by atoms with E-state index >= 15 is 0 Å². The number of esters is 1. The zero-order valence-corrected chi connectivity index (χ0v) is 38.0. The molecule has 2 atom stereocenters. The van der Waals surface area contributed by atoms with Crippen LogP contribution < -0.4 is 5.73 Å². The third-order valence-corrected chi connectivity index (χ3v) is 12.2. The standard InChI is InChI=1S/C47H96NO7P/c1-2-3-4-5-6-7-8-9-10-11-12-13-14-15-16-17-18-19-20-21-22-23-24-25-26-27-28-29-30-31-32-33-34-35-36-37-38-39-40-41-47(50)53-44-46(49)45-55-56(51,52)54-43-42-48/h46,49H,2-45,48H2,1H3,(H,51,52). The summed E-state index contributed by atoms with van der Waals surface area (Å²) < 4.78 is 25.8. The summed E-state index contributed by atoms with van der Waals surface area (Å²) in [6.45, 7) is 1.50. The molecule has 0 aliphatic carbocycles. The lowest BCUT2D eigenvalue weighted by atomic mass is 10.0. The molecule has 0 aromatic carbocycles. The van der Waals surface area contributed by atoms with E-state index in [1.165, 1.54) is 231 Å². The second-order valence-electron chi connectivity index (χ2n) is 16.9. The van der Waals surface area contributed by atoms with Crippen LogP contribution in [0.2, 0.25) is 0 Å². The van der Waals surface area contributed by atoms with Gasteiger partial charge in [-0.25, -0.2) is 4.57 Å². The van der Waals surface area contributed by atoms with Crippen molar-refractivity contribution in [2.75, 3.05) is 26.4 Å². The maximum atomic E-state index is 11.9. The Labute approximate surface area is 348 Å². The number of nitrogens with two attached hydrogens (primary N) is 1. The van der Waals surface area contributed by atoms with E-state index in [1.54, 1.807) is 0 Å². The van der Waals surface area contributed by atoms with Crippen LogP contribution in [-0.4, -0.2) is 48.4 Å². The van der Waals surface area contributed by atoms with Crippen molar-refractivity contribution in [1.29, 1.82) is 0 Å². The summed E-state index contributed by atoms with van der Waals surface area (Å²) in [7, 11) is -4.25. The van der Waals surface area contributed by atoms with E-state index in [0.29, 0.717) is 6.42 Å². The fourth-order valence-corrected chi connectivity index (χ4v) is 8.35. The zero-order valence-electron chi connectivity index (χ0n) is 37.2. The van der Waals surface area contributed by atoms with E-state index in [4.69, 9.17) is 10.5 Å². The lowest BCUT2D eigenvalue weighted by Gasteiger charge is -2.15. The van der Waals surface area contributed by atoms with Gasteiger partial charge in [0.25, 0.3) is 0 Å². The predicted octanol–water partition coefficient (Wildman–Crippen LogP) is 14.6. The molecule has 0 amide bonds. The van der Waals surface area contributed by atoms with E-state index in [9.17, 15) is 19.4 Å². The molecule has 0 radical (unpaired) electrons. The molecule has 0 aliphatic rings. The highest BCUT2D eigenvalue weighted by molar-refractivity contribution is 7.47. The highest BCUT2D eigenvalue weighted by Gasteiger charge is 2.22. The fraction of sp³-hybridized carbons (Fsp3) is 0.979. The van der Waals surface area contributed by atoms with Crippen molar-refractivity contribution in [3.8, 4) is 0 Å². The van der Waals surface area contributed by atoms with Crippen molar-refractivity contribution in [3.05, 3.63) is 0 Å². The Balaban J connectivity index is 3.20. The van der Waals surface area contributed by atoms with Crippen molar-refractivity contribution in [1.82, 2.24) is 0 Å². The summed E-state index contributed by atoms with van der Waals surface area (Å²) >= 11 is 0. The smallest absolute Gasteiger partial charge is 0.463 e. The monoisotopic (exact) mass is 818 g/mol. The minimum Gasteiger partial charge on any atom is -0.463 e. The van der Waals surface area contributed by atoms with Crippen LogP contribution in [0.4, 0.5) is 0 Å². The largest absolute Gasteiger partial charge is 0.472 e. The normalized spacial score (nSPS) is 13.3. The second kappa shape index (κ2) is 45.6. The summed E-state index contributed by atoms with van der Waals surface area (Å²) in [6.07, 6.45) is 53.4. The molecule has 0 saturated carbocycles. The zero-order chi connectivity index (χ0) is 40.9. The molecule has 0 aromatic rings. The molecule has 4 N–H and O–H groups in total. The molecule has 0 rings (SSSR count). The van der Waals surface area contributed by atoms with Gasteiger partial charge >= 0.3 is 13.8 Å². The molecule has 56 heavy (non-hydrogen) atoms. The quantitative estimate of drug-likeness (QED) is 0.0314. The Morgan fingerprint density at radius 2 is 0.732 bits per heavy atom. The van der Waals surface area contributed by atoms with Gasteiger partial charge in [-0.05, 0) is 6.42 Å². The minimum atomic E-state index is -4.25. The summed E-state index contributed by atoms with van der Waals surface area (Å²) in [4.78, 5) is 21.3. The third-order valence-electron chi connectivity index (χ3n) is 11.2. The van der Waals surface area contributed by atoms with Gasteiger partial charge in [0, 0.05) is 13.0 Å². The molecule has 9 heteroatoms. The van der Waals surface area contributed by atoms with Gasteiger partial charge < -0.3 is 20.5 Å². The van der Waals surface area contributed by atoms with Crippen LogP contribution in [0.25, 0.3) is 0 Å². The van der Waals surface area contributed by atoms with E-state index in [1.807, 2.05) is 0 Å². The molecule has 2 unspecified atom stereocenters. The topological polar surface area (TPSA) is 128 Å². The number of rotatable bonds is 48. The summed E-state index contributed by atoms with van der Waals surface area (Å²) in [5.41, 5.74) is 5.21. The first kappa shape index (κ1) is 55.5. The van der Waals surface area contributed by atoms with Gasteiger partial charge in [-0.3, -0.25) is 13.8 Å². The summed E-state index contributed by atoms with van der Waals surface area (Å²) in [5.74, 6) is -0.378. The summed E-state index contributed by atoms with van der Waals surface area (Å²) in [5, 5.41) is 9.78. The van der Waals surface area contributed by atoms with Gasteiger partial charge in [0.1, 0.15) is 12.7 Å². The van der Waals surface area contributed by atoms with Crippen molar-refractivity contribution in [2.24, 2.45) is 5.73 Å². The number of phosphoric ester groups is 1. The Morgan fingerprint density at radius 1 is 0.464 bits per heavy atom. The van der Waals surface area contributed by atoms with Crippen LogP contribution >= 0.6 is 7.82 Å². The molecule has 0 bridgehead atoms. The molecular formula is C47H96NO7P. The molecular weight excluding hydrogens is 721 g/mol. The first-order valence-electron chi connectivity index (χ1n) is 24.6. The van der Waals surface area contributed by atoms with Gasteiger partial charge in [0.15, 0.2) is 0 Å². The van der Waals surface area contributed by atoms with Crippen LogP contribution in [0.15, 0.2) is 0 Å². The van der Waals surface area contributed by atoms with Crippen molar-refractivity contribution >= 4 is 13.8 Å².